The van der Waals surface area contributed by atoms with Gasteiger partial charge in [0.25, 0.3) is 0 Å². The van der Waals surface area contributed by atoms with Gasteiger partial charge in [-0.2, -0.15) is 0 Å². The van der Waals surface area contributed by atoms with Gasteiger partial charge >= 0.3 is 0 Å². The predicted octanol–water partition coefficient (Wildman–Crippen LogP) is 0.579. The van der Waals surface area contributed by atoms with Gasteiger partial charge < -0.3 is 15.4 Å². The van der Waals surface area contributed by atoms with Crippen molar-refractivity contribution in [2.75, 3.05) is 6.61 Å². The third kappa shape index (κ3) is 3.16. The second-order valence-electron chi connectivity index (χ2n) is 3.16. The lowest BCUT2D eigenvalue weighted by Gasteiger charge is -2.12. The molecule has 0 saturated carbocycles. The number of imidazole rings is 1. The van der Waals surface area contributed by atoms with Gasteiger partial charge in [-0.05, 0) is 13.3 Å². The molecule has 0 amide bonds. The molecule has 4 nitrogen and oxygen atoms in total. The molecule has 1 aromatic heterocycles. The Kier molecular flexibility index (Phi) is 3.92. The van der Waals surface area contributed by atoms with Gasteiger partial charge in [0.05, 0.1) is 6.61 Å². The van der Waals surface area contributed by atoms with Crippen LogP contribution in [0.2, 0.25) is 0 Å². The second-order valence-corrected chi connectivity index (χ2v) is 3.16. The number of nitrogens with one attached hydrogen (secondary N) is 2. The molecular formula is C9H17N3O. The van der Waals surface area contributed by atoms with E-state index in [0.29, 0.717) is 0 Å². The van der Waals surface area contributed by atoms with Crippen LogP contribution in [-0.4, -0.2) is 27.7 Å². The second kappa shape index (κ2) is 4.99. The molecule has 74 valence electrons. The van der Waals surface area contributed by atoms with E-state index in [-0.39, 0.29) is 12.6 Å². The zero-order valence-electron chi connectivity index (χ0n) is 8.17. The molecule has 1 aromatic rings. The van der Waals surface area contributed by atoms with Crippen molar-refractivity contribution >= 4 is 0 Å². The zero-order valence-corrected chi connectivity index (χ0v) is 8.17. The molecule has 0 aliphatic carbocycles. The van der Waals surface area contributed by atoms with Crippen molar-refractivity contribution in [1.29, 1.82) is 0 Å². The first-order valence-corrected chi connectivity index (χ1v) is 4.61. The highest BCUT2D eigenvalue weighted by molar-refractivity contribution is 4.99. The van der Waals surface area contributed by atoms with E-state index in [4.69, 9.17) is 5.11 Å². The molecule has 13 heavy (non-hydrogen) atoms. The molecule has 0 aromatic carbocycles. The van der Waals surface area contributed by atoms with Crippen molar-refractivity contribution in [3.8, 4) is 0 Å². The van der Waals surface area contributed by atoms with Crippen molar-refractivity contribution < 1.29 is 5.11 Å². The van der Waals surface area contributed by atoms with Crippen molar-refractivity contribution in [2.24, 2.45) is 0 Å². The first-order valence-electron chi connectivity index (χ1n) is 4.61. The Morgan fingerprint density at radius 3 is 2.92 bits per heavy atom. The monoisotopic (exact) mass is 183 g/mol. The Labute approximate surface area is 78.4 Å². The fourth-order valence-electron chi connectivity index (χ4n) is 1.15. The number of aromatic nitrogens is 2. The molecule has 1 heterocycles. The van der Waals surface area contributed by atoms with E-state index in [2.05, 4.69) is 15.3 Å². The summed E-state index contributed by atoms with van der Waals surface area (Å²) in [5.41, 5.74) is 1.06. The summed E-state index contributed by atoms with van der Waals surface area (Å²) in [4.78, 5) is 7.21. The van der Waals surface area contributed by atoms with Crippen LogP contribution in [0.5, 0.6) is 0 Å². The molecule has 0 saturated heterocycles. The molecule has 1 rings (SSSR count). The minimum absolute atomic E-state index is 0.184. The fraction of sp³-hybridized carbons (Fsp3) is 0.667. The third-order valence-electron chi connectivity index (χ3n) is 2.05. The van der Waals surface area contributed by atoms with Crippen LogP contribution in [0.15, 0.2) is 6.20 Å². The number of rotatable bonds is 5. The van der Waals surface area contributed by atoms with Crippen LogP contribution in [-0.2, 0) is 6.54 Å². The Balaban J connectivity index is 2.33. The number of nitrogens with zero attached hydrogens (tertiary/aromatic N) is 1. The number of hydrogen-bond acceptors (Lipinski definition) is 3. The van der Waals surface area contributed by atoms with Crippen LogP contribution in [0.25, 0.3) is 0 Å². The standard InChI is InChI=1S/C9H17N3O/c1-3-8(6-13)11-5-9-4-10-7(2)12-9/h4,8,11,13H,3,5-6H2,1-2H3,(H,10,12)/t8-/m1/s1. The van der Waals surface area contributed by atoms with E-state index in [9.17, 15) is 0 Å². The van der Waals surface area contributed by atoms with E-state index in [1.165, 1.54) is 0 Å². The molecular weight excluding hydrogens is 166 g/mol. The summed E-state index contributed by atoms with van der Waals surface area (Å²) >= 11 is 0. The average molecular weight is 183 g/mol. The summed E-state index contributed by atoms with van der Waals surface area (Å²) in [5, 5.41) is 12.1. The van der Waals surface area contributed by atoms with Crippen molar-refractivity contribution in [3.05, 3.63) is 17.7 Å². The molecule has 0 radical (unpaired) electrons. The molecule has 0 bridgehead atoms. The maximum Gasteiger partial charge on any atom is 0.103 e. The van der Waals surface area contributed by atoms with Gasteiger partial charge in [-0.3, -0.25) is 0 Å². The minimum Gasteiger partial charge on any atom is -0.395 e. The van der Waals surface area contributed by atoms with Gasteiger partial charge in [0.1, 0.15) is 5.82 Å². The lowest BCUT2D eigenvalue weighted by molar-refractivity contribution is 0.238. The maximum absolute atomic E-state index is 8.92. The smallest absolute Gasteiger partial charge is 0.103 e. The number of aliphatic hydroxyl groups is 1. The van der Waals surface area contributed by atoms with Crippen LogP contribution < -0.4 is 5.32 Å². The van der Waals surface area contributed by atoms with E-state index < -0.39 is 0 Å². The quantitative estimate of drug-likeness (QED) is 0.625. The van der Waals surface area contributed by atoms with Gasteiger partial charge in [0, 0.05) is 24.5 Å². The van der Waals surface area contributed by atoms with Gasteiger partial charge in [-0.15, -0.1) is 0 Å². The van der Waals surface area contributed by atoms with E-state index in [1.54, 1.807) is 0 Å². The van der Waals surface area contributed by atoms with Gasteiger partial charge in [0.2, 0.25) is 0 Å². The number of aryl methyl sites for hydroxylation is 1. The highest BCUT2D eigenvalue weighted by Crippen LogP contribution is 1.97. The highest BCUT2D eigenvalue weighted by Gasteiger charge is 2.03. The summed E-state index contributed by atoms with van der Waals surface area (Å²) in [6.45, 7) is 4.89. The average Bonchev–Trinajstić information content (AvgIpc) is 2.53. The normalized spacial score (nSPS) is 13.2. The SMILES string of the molecule is CC[C@H](CO)NCc1cnc(C)[nH]1. The molecule has 3 N–H and O–H groups in total. The summed E-state index contributed by atoms with van der Waals surface area (Å²) in [5.74, 6) is 0.925. The fourth-order valence-corrected chi connectivity index (χ4v) is 1.15. The molecule has 0 spiro atoms. The van der Waals surface area contributed by atoms with Crippen LogP contribution in [0.4, 0.5) is 0 Å². The lowest BCUT2D eigenvalue weighted by Crippen LogP contribution is -2.31. The maximum atomic E-state index is 8.92. The van der Waals surface area contributed by atoms with Crippen LogP contribution in [0.1, 0.15) is 24.9 Å². The Hall–Kier alpha value is -0.870. The van der Waals surface area contributed by atoms with Crippen LogP contribution in [0, 0.1) is 6.92 Å². The van der Waals surface area contributed by atoms with E-state index >= 15 is 0 Å². The highest BCUT2D eigenvalue weighted by atomic mass is 16.3. The number of aliphatic hydroxyl groups excluding tert-OH is 1. The van der Waals surface area contributed by atoms with Crippen LogP contribution >= 0.6 is 0 Å². The Morgan fingerprint density at radius 1 is 1.69 bits per heavy atom. The first-order chi connectivity index (χ1) is 6.26. The molecule has 0 fully saturated rings. The predicted molar refractivity (Wildman–Crippen MR) is 51.3 cm³/mol. The van der Waals surface area contributed by atoms with Gasteiger partial charge in [-0.1, -0.05) is 6.92 Å². The van der Waals surface area contributed by atoms with Crippen LogP contribution in [0.3, 0.4) is 0 Å². The lowest BCUT2D eigenvalue weighted by atomic mass is 10.2. The molecule has 4 heteroatoms. The summed E-state index contributed by atoms with van der Waals surface area (Å²) in [7, 11) is 0. The van der Waals surface area contributed by atoms with Crippen molar-refractivity contribution in [2.45, 2.75) is 32.9 Å². The van der Waals surface area contributed by atoms with Crippen molar-refractivity contribution in [3.63, 3.8) is 0 Å². The van der Waals surface area contributed by atoms with Gasteiger partial charge in [0.15, 0.2) is 0 Å². The van der Waals surface area contributed by atoms with E-state index in [0.717, 1.165) is 24.5 Å². The Bertz CT molecular complexity index is 243. The topological polar surface area (TPSA) is 60.9 Å². The summed E-state index contributed by atoms with van der Waals surface area (Å²) < 4.78 is 0. The van der Waals surface area contributed by atoms with Crippen molar-refractivity contribution in [1.82, 2.24) is 15.3 Å². The van der Waals surface area contributed by atoms with E-state index in [1.807, 2.05) is 20.0 Å². The molecule has 1 atom stereocenters. The molecule has 0 unspecified atom stereocenters. The number of aromatic amines is 1. The number of hydrogen-bond donors (Lipinski definition) is 3. The minimum atomic E-state index is 0.184. The zero-order chi connectivity index (χ0) is 9.68. The third-order valence-corrected chi connectivity index (χ3v) is 2.05. The molecule has 0 aliphatic heterocycles. The van der Waals surface area contributed by atoms with Gasteiger partial charge in [-0.25, -0.2) is 4.98 Å². The summed E-state index contributed by atoms with van der Waals surface area (Å²) in [6.07, 6.45) is 2.75. The Morgan fingerprint density at radius 2 is 2.46 bits per heavy atom. The molecule has 0 aliphatic rings. The largest absolute Gasteiger partial charge is 0.395 e. The first kappa shape index (κ1) is 10.2. The summed E-state index contributed by atoms with van der Waals surface area (Å²) in [6, 6.07) is 0.184. The number of H-pyrrole nitrogens is 1.